The van der Waals surface area contributed by atoms with Gasteiger partial charge in [-0.15, -0.1) is 0 Å². The third-order valence-corrected chi connectivity index (χ3v) is 5.08. The van der Waals surface area contributed by atoms with Gasteiger partial charge in [0.1, 0.15) is 11.6 Å². The molecule has 2 fully saturated rings. The minimum Gasteiger partial charge on any atom is -0.491 e. The Hall–Kier alpha value is -1.88. The highest BCUT2D eigenvalue weighted by atomic mass is 19.1. The molecule has 25 heavy (non-hydrogen) atoms. The molecule has 136 valence electrons. The Kier molecular flexibility index (Phi) is 5.13. The van der Waals surface area contributed by atoms with Crippen LogP contribution in [0.3, 0.4) is 0 Å². The zero-order chi connectivity index (χ0) is 18.0. The van der Waals surface area contributed by atoms with E-state index in [1.54, 1.807) is 11.0 Å². The molecule has 1 saturated heterocycles. The normalized spacial score (nSPS) is 21.2. The van der Waals surface area contributed by atoms with Crippen LogP contribution in [0.5, 0.6) is 5.75 Å². The molecule has 4 nitrogen and oxygen atoms in total. The highest BCUT2D eigenvalue weighted by Crippen LogP contribution is 2.44. The van der Waals surface area contributed by atoms with E-state index in [1.165, 1.54) is 24.6 Å². The molecule has 1 spiro atoms. The second-order valence-electron chi connectivity index (χ2n) is 7.29. The molecule has 0 N–H and O–H groups in total. The van der Waals surface area contributed by atoms with Crippen molar-refractivity contribution in [1.82, 2.24) is 4.90 Å². The van der Waals surface area contributed by atoms with Gasteiger partial charge in [0.25, 0.3) is 0 Å². The molecular formula is C20H26FNO3. The number of benzene rings is 1. The summed E-state index contributed by atoms with van der Waals surface area (Å²) in [5.74, 6) is 0.107. The highest BCUT2D eigenvalue weighted by Gasteiger charge is 2.47. The van der Waals surface area contributed by atoms with Crippen molar-refractivity contribution in [2.75, 3.05) is 6.61 Å². The van der Waals surface area contributed by atoms with E-state index in [9.17, 15) is 9.18 Å². The summed E-state index contributed by atoms with van der Waals surface area (Å²) in [6.07, 6.45) is 5.41. The third kappa shape index (κ3) is 3.87. The molecule has 1 aliphatic heterocycles. The van der Waals surface area contributed by atoms with Crippen LogP contribution in [0.1, 0.15) is 45.1 Å². The molecule has 1 aromatic carbocycles. The summed E-state index contributed by atoms with van der Waals surface area (Å²) < 4.78 is 25.6. The maximum atomic E-state index is 13.8. The van der Waals surface area contributed by atoms with Crippen molar-refractivity contribution in [3.05, 3.63) is 42.2 Å². The van der Waals surface area contributed by atoms with Crippen LogP contribution in [0, 0.1) is 5.82 Å². The number of rotatable bonds is 6. The molecule has 3 rings (SSSR count). The summed E-state index contributed by atoms with van der Waals surface area (Å²) in [4.78, 5) is 14.2. The van der Waals surface area contributed by atoms with E-state index in [2.05, 4.69) is 6.58 Å². The first-order valence-electron chi connectivity index (χ1n) is 8.94. The molecule has 1 unspecified atom stereocenters. The number of halogens is 1. The van der Waals surface area contributed by atoms with Gasteiger partial charge in [0.2, 0.25) is 5.91 Å². The van der Waals surface area contributed by atoms with E-state index in [-0.39, 0.29) is 36.0 Å². The van der Waals surface area contributed by atoms with Gasteiger partial charge in [-0.25, -0.2) is 4.39 Å². The molecule has 1 aliphatic carbocycles. The fourth-order valence-electron chi connectivity index (χ4n) is 3.67. The summed E-state index contributed by atoms with van der Waals surface area (Å²) in [6, 6.07) is 4.43. The molecule has 0 bridgehead atoms. The van der Waals surface area contributed by atoms with E-state index in [0.717, 1.165) is 19.3 Å². The minimum absolute atomic E-state index is 0.0130. The molecule has 0 radical (unpaired) electrons. The van der Waals surface area contributed by atoms with Gasteiger partial charge in [-0.05, 0) is 63.8 Å². The Morgan fingerprint density at radius 2 is 2.28 bits per heavy atom. The van der Waals surface area contributed by atoms with Crippen molar-refractivity contribution in [1.29, 1.82) is 0 Å². The topological polar surface area (TPSA) is 38.8 Å². The van der Waals surface area contributed by atoms with Crippen molar-refractivity contribution < 1.29 is 18.7 Å². The lowest BCUT2D eigenvalue weighted by Crippen LogP contribution is -2.42. The van der Waals surface area contributed by atoms with E-state index >= 15 is 0 Å². The molecule has 1 heterocycles. The van der Waals surface area contributed by atoms with E-state index in [4.69, 9.17) is 9.47 Å². The number of carbonyl (C=O) groups is 1. The lowest BCUT2D eigenvalue weighted by Gasteiger charge is -2.37. The molecule has 2 aliphatic rings. The minimum atomic E-state index is -0.338. The quantitative estimate of drug-likeness (QED) is 0.734. The van der Waals surface area contributed by atoms with Crippen LogP contribution in [0.4, 0.5) is 4.39 Å². The van der Waals surface area contributed by atoms with Crippen LogP contribution < -0.4 is 4.74 Å². The van der Waals surface area contributed by atoms with Crippen molar-refractivity contribution in [3.63, 3.8) is 0 Å². The number of hydrogen-bond donors (Lipinski definition) is 0. The average Bonchev–Trinajstić information content (AvgIpc) is 2.99. The zero-order valence-electron chi connectivity index (χ0n) is 15.0. The SMILES string of the molecule is C=CC(=O)N(Cc1cc(F)ccc1OC(C)C)C1COC2(CCC2)C1. The first-order chi connectivity index (χ1) is 11.9. The predicted molar refractivity (Wildman–Crippen MR) is 93.9 cm³/mol. The number of hydrogen-bond acceptors (Lipinski definition) is 3. The summed E-state index contributed by atoms with van der Waals surface area (Å²) in [5, 5.41) is 0. The van der Waals surface area contributed by atoms with Crippen molar-refractivity contribution in [2.45, 2.75) is 63.8 Å². The first kappa shape index (κ1) is 17.9. The Morgan fingerprint density at radius 3 is 2.84 bits per heavy atom. The van der Waals surface area contributed by atoms with Gasteiger partial charge in [0.05, 0.1) is 30.9 Å². The van der Waals surface area contributed by atoms with Crippen molar-refractivity contribution in [2.24, 2.45) is 0 Å². The maximum absolute atomic E-state index is 13.8. The Morgan fingerprint density at radius 1 is 1.52 bits per heavy atom. The molecule has 0 aromatic heterocycles. The first-order valence-corrected chi connectivity index (χ1v) is 8.94. The van der Waals surface area contributed by atoms with Gasteiger partial charge in [-0.3, -0.25) is 4.79 Å². The van der Waals surface area contributed by atoms with E-state index in [0.29, 0.717) is 17.9 Å². The summed E-state index contributed by atoms with van der Waals surface area (Å²) >= 11 is 0. The van der Waals surface area contributed by atoms with Gasteiger partial charge in [-0.2, -0.15) is 0 Å². The molecular weight excluding hydrogens is 321 g/mol. The van der Waals surface area contributed by atoms with Crippen molar-refractivity contribution >= 4 is 5.91 Å². The number of carbonyl (C=O) groups excluding carboxylic acids is 1. The smallest absolute Gasteiger partial charge is 0.246 e. The standard InChI is InChI=1S/C20H26FNO3/c1-4-19(23)22(17-11-20(24-13-17)8-5-9-20)12-15-10-16(21)6-7-18(15)25-14(2)3/h4,6-7,10,14,17H,1,5,8-9,11-13H2,2-3H3. The van der Waals surface area contributed by atoms with Crippen LogP contribution in [-0.4, -0.2) is 35.2 Å². The number of ether oxygens (including phenoxy) is 2. The van der Waals surface area contributed by atoms with Gasteiger partial charge in [-0.1, -0.05) is 6.58 Å². The summed E-state index contributed by atoms with van der Waals surface area (Å²) in [6.45, 7) is 8.27. The largest absolute Gasteiger partial charge is 0.491 e. The monoisotopic (exact) mass is 347 g/mol. The molecule has 1 atom stereocenters. The van der Waals surface area contributed by atoms with Crippen LogP contribution in [0.2, 0.25) is 0 Å². The highest BCUT2D eigenvalue weighted by molar-refractivity contribution is 5.87. The Labute approximate surface area is 148 Å². The summed E-state index contributed by atoms with van der Waals surface area (Å²) in [7, 11) is 0. The van der Waals surface area contributed by atoms with Crippen LogP contribution in [0.25, 0.3) is 0 Å². The molecule has 1 amide bonds. The summed E-state index contributed by atoms with van der Waals surface area (Å²) in [5.41, 5.74) is 0.613. The Bertz CT molecular complexity index is 654. The second-order valence-corrected chi connectivity index (χ2v) is 7.29. The van der Waals surface area contributed by atoms with Crippen LogP contribution in [-0.2, 0) is 16.1 Å². The molecule has 5 heteroatoms. The second kappa shape index (κ2) is 7.16. The van der Waals surface area contributed by atoms with Gasteiger partial charge in [0, 0.05) is 5.56 Å². The van der Waals surface area contributed by atoms with Gasteiger partial charge >= 0.3 is 0 Å². The lowest BCUT2D eigenvalue weighted by atomic mass is 9.77. The predicted octanol–water partition coefficient (Wildman–Crippen LogP) is 3.84. The van der Waals surface area contributed by atoms with Crippen LogP contribution in [0.15, 0.2) is 30.9 Å². The van der Waals surface area contributed by atoms with Crippen molar-refractivity contribution in [3.8, 4) is 5.75 Å². The van der Waals surface area contributed by atoms with Gasteiger partial charge < -0.3 is 14.4 Å². The van der Waals surface area contributed by atoms with Crippen LogP contribution >= 0.6 is 0 Å². The third-order valence-electron chi connectivity index (χ3n) is 5.08. The zero-order valence-corrected chi connectivity index (χ0v) is 15.0. The van der Waals surface area contributed by atoms with Gasteiger partial charge in [0.15, 0.2) is 0 Å². The number of nitrogens with zero attached hydrogens (tertiary/aromatic N) is 1. The van der Waals surface area contributed by atoms with E-state index in [1.807, 2.05) is 13.8 Å². The molecule has 1 aromatic rings. The average molecular weight is 347 g/mol. The molecule has 1 saturated carbocycles. The maximum Gasteiger partial charge on any atom is 0.246 e. The number of amides is 1. The fourth-order valence-corrected chi connectivity index (χ4v) is 3.67. The fraction of sp³-hybridized carbons (Fsp3) is 0.550. The Balaban J connectivity index is 1.82. The lowest BCUT2D eigenvalue weighted by molar-refractivity contribution is -0.129. The van der Waals surface area contributed by atoms with E-state index < -0.39 is 0 Å².